The van der Waals surface area contributed by atoms with Gasteiger partial charge in [0.25, 0.3) is 5.69 Å². The Balaban J connectivity index is 3.06. The summed E-state index contributed by atoms with van der Waals surface area (Å²) in [7, 11) is 0. The maximum Gasteiger partial charge on any atom is 0.290 e. The van der Waals surface area contributed by atoms with Gasteiger partial charge < -0.3 is 5.73 Å². The Kier molecular flexibility index (Phi) is 3.15. The van der Waals surface area contributed by atoms with Gasteiger partial charge in [-0.05, 0) is 18.9 Å². The lowest BCUT2D eigenvalue weighted by Gasteiger charge is -1.95. The predicted octanol–water partition coefficient (Wildman–Crippen LogP) is 0.608. The number of nitrogens with two attached hydrogens (primary N) is 1. The number of hydrogen-bond donors (Lipinski definition) is 1. The van der Waals surface area contributed by atoms with Crippen molar-refractivity contribution < 1.29 is 4.92 Å². The van der Waals surface area contributed by atoms with Gasteiger partial charge in [-0.15, -0.1) is 0 Å². The zero-order valence-electron chi connectivity index (χ0n) is 7.65. The number of rotatable bonds is 1. The minimum Gasteiger partial charge on any atom is -0.320 e. The summed E-state index contributed by atoms with van der Waals surface area (Å²) >= 11 is 0. The summed E-state index contributed by atoms with van der Waals surface area (Å²) in [4.78, 5) is 13.9. The maximum absolute atomic E-state index is 10.5. The fourth-order valence-corrected chi connectivity index (χ4v) is 0.958. The molecule has 5 heteroatoms. The van der Waals surface area contributed by atoms with Crippen LogP contribution >= 0.6 is 0 Å². The van der Waals surface area contributed by atoms with Crippen LogP contribution in [0, 0.1) is 28.9 Å². The van der Waals surface area contributed by atoms with E-state index in [4.69, 9.17) is 5.73 Å². The predicted molar refractivity (Wildman–Crippen MR) is 51.6 cm³/mol. The van der Waals surface area contributed by atoms with Gasteiger partial charge in [0.15, 0.2) is 0 Å². The first-order valence-electron chi connectivity index (χ1n) is 3.96. The lowest BCUT2D eigenvalue weighted by atomic mass is 10.2. The monoisotopic (exact) mass is 191 g/mol. The number of hydrogen-bond acceptors (Lipinski definition) is 4. The molecule has 2 N–H and O–H groups in total. The molecule has 0 aliphatic rings. The first-order chi connectivity index (χ1) is 6.65. The molecule has 72 valence electrons. The fourth-order valence-electron chi connectivity index (χ4n) is 0.958. The van der Waals surface area contributed by atoms with E-state index in [0.717, 1.165) is 0 Å². The minimum atomic E-state index is -0.470. The van der Waals surface area contributed by atoms with Crippen molar-refractivity contribution in [2.45, 2.75) is 6.92 Å². The highest BCUT2D eigenvalue weighted by molar-refractivity contribution is 5.39. The molecule has 0 saturated heterocycles. The highest BCUT2D eigenvalue weighted by Gasteiger charge is 2.10. The number of pyridine rings is 1. The van der Waals surface area contributed by atoms with E-state index in [1.807, 2.05) is 0 Å². The molecule has 1 aromatic rings. The van der Waals surface area contributed by atoms with Gasteiger partial charge in [0.05, 0.1) is 11.5 Å². The van der Waals surface area contributed by atoms with Crippen molar-refractivity contribution in [1.82, 2.24) is 4.98 Å². The molecule has 0 radical (unpaired) electrons. The second-order valence-electron chi connectivity index (χ2n) is 2.56. The van der Waals surface area contributed by atoms with Crippen molar-refractivity contribution in [2.24, 2.45) is 5.73 Å². The molecule has 0 amide bonds. The van der Waals surface area contributed by atoms with Gasteiger partial charge in [0, 0.05) is 6.07 Å². The molecule has 0 saturated carbocycles. The quantitative estimate of drug-likeness (QED) is 0.400. The van der Waals surface area contributed by atoms with E-state index in [0.29, 0.717) is 11.4 Å². The highest BCUT2D eigenvalue weighted by Crippen LogP contribution is 2.14. The topological polar surface area (TPSA) is 82.0 Å². The molecule has 14 heavy (non-hydrogen) atoms. The number of nitrogens with zero attached hydrogens (tertiary/aromatic N) is 2. The molecule has 0 spiro atoms. The Morgan fingerprint density at radius 3 is 2.86 bits per heavy atom. The van der Waals surface area contributed by atoms with Crippen molar-refractivity contribution in [2.75, 3.05) is 6.54 Å². The number of aryl methyl sites for hydroxylation is 1. The smallest absolute Gasteiger partial charge is 0.290 e. The second kappa shape index (κ2) is 4.35. The molecule has 0 fully saturated rings. The minimum absolute atomic E-state index is 0.00305. The molecule has 0 bridgehead atoms. The number of nitro groups is 1. The third-order valence-electron chi connectivity index (χ3n) is 1.57. The fraction of sp³-hybridized carbons (Fsp3) is 0.222. The van der Waals surface area contributed by atoms with Crippen molar-refractivity contribution in [1.29, 1.82) is 0 Å². The molecule has 0 aliphatic heterocycles. The Hall–Kier alpha value is -1.93. The summed E-state index contributed by atoms with van der Waals surface area (Å²) < 4.78 is 0. The Morgan fingerprint density at radius 1 is 1.64 bits per heavy atom. The summed E-state index contributed by atoms with van der Waals surface area (Å²) in [5.41, 5.74) is 6.04. The Morgan fingerprint density at radius 2 is 2.36 bits per heavy atom. The van der Waals surface area contributed by atoms with Gasteiger partial charge in [-0.1, -0.05) is 5.92 Å². The van der Waals surface area contributed by atoms with Crippen molar-refractivity contribution in [3.05, 3.63) is 33.6 Å². The van der Waals surface area contributed by atoms with Crippen LogP contribution in [0.3, 0.4) is 0 Å². The van der Waals surface area contributed by atoms with Gasteiger partial charge in [0.1, 0.15) is 11.4 Å². The average Bonchev–Trinajstić information content (AvgIpc) is 2.14. The van der Waals surface area contributed by atoms with E-state index < -0.39 is 4.92 Å². The molecule has 1 aromatic heterocycles. The van der Waals surface area contributed by atoms with Crippen LogP contribution in [0.2, 0.25) is 0 Å². The van der Waals surface area contributed by atoms with Crippen LogP contribution in [0.4, 0.5) is 5.69 Å². The van der Waals surface area contributed by atoms with E-state index in [1.54, 1.807) is 6.92 Å². The Labute approximate surface area is 81.1 Å². The summed E-state index contributed by atoms with van der Waals surface area (Å²) in [6.07, 6.45) is 0. The van der Waals surface area contributed by atoms with Crippen LogP contribution in [0.15, 0.2) is 12.1 Å². The lowest BCUT2D eigenvalue weighted by Crippen LogP contribution is -1.97. The first-order valence-corrected chi connectivity index (χ1v) is 3.96. The third kappa shape index (κ3) is 2.28. The van der Waals surface area contributed by atoms with Crippen molar-refractivity contribution in [3.63, 3.8) is 0 Å². The SMILES string of the molecule is Cc1nc(C#CCN)ccc1[N+](=O)[O-]. The molecule has 0 aliphatic carbocycles. The van der Waals surface area contributed by atoms with E-state index >= 15 is 0 Å². The molecular weight excluding hydrogens is 182 g/mol. The third-order valence-corrected chi connectivity index (χ3v) is 1.57. The largest absolute Gasteiger partial charge is 0.320 e. The average molecular weight is 191 g/mol. The Bertz CT molecular complexity index is 418. The van der Waals surface area contributed by atoms with Gasteiger partial charge >= 0.3 is 0 Å². The zero-order valence-corrected chi connectivity index (χ0v) is 7.65. The second-order valence-corrected chi connectivity index (χ2v) is 2.56. The first kappa shape index (κ1) is 10.2. The molecular formula is C9H9N3O2. The van der Waals surface area contributed by atoms with E-state index in [1.165, 1.54) is 12.1 Å². The van der Waals surface area contributed by atoms with E-state index in [9.17, 15) is 10.1 Å². The normalized spacial score (nSPS) is 9.00. The summed E-state index contributed by atoms with van der Waals surface area (Å²) in [5.74, 6) is 5.33. The molecule has 0 unspecified atom stereocenters. The van der Waals surface area contributed by atoms with Crippen LogP contribution in [0.25, 0.3) is 0 Å². The van der Waals surface area contributed by atoms with Crippen molar-refractivity contribution >= 4 is 5.69 Å². The lowest BCUT2D eigenvalue weighted by molar-refractivity contribution is -0.385. The molecule has 0 atom stereocenters. The van der Waals surface area contributed by atoms with Crippen LogP contribution in [-0.2, 0) is 0 Å². The van der Waals surface area contributed by atoms with Crippen LogP contribution in [0.1, 0.15) is 11.4 Å². The number of aromatic nitrogens is 1. The zero-order chi connectivity index (χ0) is 10.6. The maximum atomic E-state index is 10.5. The summed E-state index contributed by atoms with van der Waals surface area (Å²) in [6.45, 7) is 1.82. The van der Waals surface area contributed by atoms with Crippen molar-refractivity contribution in [3.8, 4) is 11.8 Å². The van der Waals surface area contributed by atoms with Gasteiger partial charge in [-0.25, -0.2) is 4.98 Å². The van der Waals surface area contributed by atoms with E-state index in [2.05, 4.69) is 16.8 Å². The van der Waals surface area contributed by atoms with E-state index in [-0.39, 0.29) is 12.2 Å². The van der Waals surface area contributed by atoms with Crippen LogP contribution in [0.5, 0.6) is 0 Å². The molecule has 1 rings (SSSR count). The highest BCUT2D eigenvalue weighted by atomic mass is 16.6. The summed E-state index contributed by atoms with van der Waals surface area (Å²) in [6, 6.07) is 2.90. The van der Waals surface area contributed by atoms with Gasteiger partial charge in [0.2, 0.25) is 0 Å². The molecule has 1 heterocycles. The summed E-state index contributed by atoms with van der Waals surface area (Å²) in [5, 5.41) is 10.5. The molecule has 5 nitrogen and oxygen atoms in total. The van der Waals surface area contributed by atoms with Gasteiger partial charge in [-0.2, -0.15) is 0 Å². The molecule has 0 aromatic carbocycles. The van der Waals surface area contributed by atoms with Gasteiger partial charge in [-0.3, -0.25) is 10.1 Å². The van der Waals surface area contributed by atoms with Crippen LogP contribution < -0.4 is 5.73 Å². The van der Waals surface area contributed by atoms with Crippen LogP contribution in [-0.4, -0.2) is 16.5 Å². The standard InChI is InChI=1S/C9H9N3O2/c1-7-9(12(13)14)5-4-8(11-7)3-2-6-10/h4-5H,6,10H2,1H3.